The van der Waals surface area contributed by atoms with Gasteiger partial charge in [0.25, 0.3) is 0 Å². The molecule has 2 nitrogen and oxygen atoms in total. The number of aryl methyl sites for hydroxylation is 1. The van der Waals surface area contributed by atoms with Gasteiger partial charge < -0.3 is 10.4 Å². The third-order valence-corrected chi connectivity index (χ3v) is 4.32. The normalized spacial score (nSPS) is 19.3. The summed E-state index contributed by atoms with van der Waals surface area (Å²) < 4.78 is 1.10. The van der Waals surface area contributed by atoms with Gasteiger partial charge in [0.1, 0.15) is 0 Å². The molecular weight excluding hydrogens is 290 g/mol. The maximum atomic E-state index is 10.6. The number of halogens is 1. The van der Waals surface area contributed by atoms with E-state index in [4.69, 9.17) is 0 Å². The molecular formula is C15H22BrNO. The molecule has 0 amide bonds. The van der Waals surface area contributed by atoms with E-state index in [1.165, 1.54) is 18.4 Å². The van der Waals surface area contributed by atoms with E-state index in [-0.39, 0.29) is 0 Å². The van der Waals surface area contributed by atoms with Gasteiger partial charge in [0.15, 0.2) is 0 Å². The molecule has 1 fully saturated rings. The highest BCUT2D eigenvalue weighted by Crippen LogP contribution is 2.28. The first-order valence-corrected chi connectivity index (χ1v) is 7.61. The maximum absolute atomic E-state index is 10.6. The second kappa shape index (κ2) is 6.07. The smallest absolute Gasteiger partial charge is 0.0819 e. The van der Waals surface area contributed by atoms with Crippen molar-refractivity contribution in [2.24, 2.45) is 0 Å². The second-order valence-electron chi connectivity index (χ2n) is 5.45. The Morgan fingerprint density at radius 3 is 2.50 bits per heavy atom. The first kappa shape index (κ1) is 13.9. The summed E-state index contributed by atoms with van der Waals surface area (Å²) >= 11 is 3.47. The predicted molar refractivity (Wildman–Crippen MR) is 80.0 cm³/mol. The van der Waals surface area contributed by atoms with Crippen LogP contribution in [0.4, 0.5) is 5.69 Å². The Bertz CT molecular complexity index is 397. The van der Waals surface area contributed by atoms with Gasteiger partial charge in [0.05, 0.1) is 5.60 Å². The fourth-order valence-corrected chi connectivity index (χ4v) is 3.12. The molecule has 1 aliphatic rings. The lowest BCUT2D eigenvalue weighted by molar-refractivity contribution is 0.0381. The molecule has 3 heteroatoms. The second-order valence-corrected chi connectivity index (χ2v) is 6.37. The number of aliphatic hydroxyl groups is 1. The third kappa shape index (κ3) is 3.72. The van der Waals surface area contributed by atoms with Crippen LogP contribution in [0.25, 0.3) is 0 Å². The molecule has 18 heavy (non-hydrogen) atoms. The molecule has 0 saturated heterocycles. The average molecular weight is 312 g/mol. The van der Waals surface area contributed by atoms with E-state index < -0.39 is 5.60 Å². The third-order valence-electron chi connectivity index (χ3n) is 3.83. The fourth-order valence-electron chi connectivity index (χ4n) is 2.65. The van der Waals surface area contributed by atoms with E-state index >= 15 is 0 Å². The minimum Gasteiger partial charge on any atom is -0.388 e. The van der Waals surface area contributed by atoms with Crippen LogP contribution in [0.2, 0.25) is 0 Å². The van der Waals surface area contributed by atoms with Gasteiger partial charge >= 0.3 is 0 Å². The summed E-state index contributed by atoms with van der Waals surface area (Å²) in [6.45, 7) is 2.75. The zero-order valence-corrected chi connectivity index (χ0v) is 12.6. The largest absolute Gasteiger partial charge is 0.388 e. The summed E-state index contributed by atoms with van der Waals surface area (Å²) in [5.41, 5.74) is 1.81. The van der Waals surface area contributed by atoms with E-state index in [9.17, 15) is 5.11 Å². The van der Waals surface area contributed by atoms with E-state index in [2.05, 4.69) is 40.3 Å². The van der Waals surface area contributed by atoms with Gasteiger partial charge in [-0.05, 0) is 43.5 Å². The van der Waals surface area contributed by atoms with Crippen molar-refractivity contribution in [1.82, 2.24) is 0 Å². The molecule has 1 aliphatic carbocycles. The molecule has 0 aliphatic heterocycles. The number of benzene rings is 1. The number of anilines is 1. The predicted octanol–water partition coefficient (Wildman–Crippen LogP) is 4.25. The van der Waals surface area contributed by atoms with Crippen LogP contribution >= 0.6 is 15.9 Å². The molecule has 0 bridgehead atoms. The molecule has 1 aromatic carbocycles. The standard InChI is InChI=1S/C15H22BrNO/c1-12-10-13(16)6-7-14(12)17-11-15(18)8-4-2-3-5-9-15/h6-7,10,17-18H,2-5,8-9,11H2,1H3. The van der Waals surface area contributed by atoms with Crippen LogP contribution in [0.5, 0.6) is 0 Å². The Balaban J connectivity index is 1.97. The zero-order chi connectivity index (χ0) is 13.0. The number of nitrogens with one attached hydrogen (secondary N) is 1. The fraction of sp³-hybridized carbons (Fsp3) is 0.600. The molecule has 0 atom stereocenters. The van der Waals surface area contributed by atoms with Crippen LogP contribution in [0, 0.1) is 6.92 Å². The monoisotopic (exact) mass is 311 g/mol. The Morgan fingerprint density at radius 1 is 1.22 bits per heavy atom. The minimum atomic E-state index is -0.518. The summed E-state index contributed by atoms with van der Waals surface area (Å²) in [6, 6.07) is 6.20. The van der Waals surface area contributed by atoms with E-state index in [1.54, 1.807) is 0 Å². The number of hydrogen-bond donors (Lipinski definition) is 2. The summed E-state index contributed by atoms with van der Waals surface area (Å²) in [5.74, 6) is 0. The highest BCUT2D eigenvalue weighted by Gasteiger charge is 2.27. The van der Waals surface area contributed by atoms with Crippen LogP contribution in [-0.2, 0) is 0 Å². The van der Waals surface area contributed by atoms with Crippen molar-refractivity contribution >= 4 is 21.6 Å². The lowest BCUT2D eigenvalue weighted by Gasteiger charge is -2.27. The highest BCUT2D eigenvalue weighted by atomic mass is 79.9. The SMILES string of the molecule is Cc1cc(Br)ccc1NCC1(O)CCCCCC1. The van der Waals surface area contributed by atoms with Crippen LogP contribution < -0.4 is 5.32 Å². The van der Waals surface area contributed by atoms with Gasteiger partial charge in [-0.2, -0.15) is 0 Å². The minimum absolute atomic E-state index is 0.518. The van der Waals surface area contributed by atoms with Gasteiger partial charge in [0.2, 0.25) is 0 Å². The van der Waals surface area contributed by atoms with Gasteiger partial charge in [0, 0.05) is 16.7 Å². The molecule has 2 rings (SSSR count). The maximum Gasteiger partial charge on any atom is 0.0819 e. The van der Waals surface area contributed by atoms with Gasteiger partial charge in [-0.15, -0.1) is 0 Å². The molecule has 0 unspecified atom stereocenters. The molecule has 0 heterocycles. The molecule has 0 radical (unpaired) electrons. The van der Waals surface area contributed by atoms with Crippen molar-refractivity contribution in [3.05, 3.63) is 28.2 Å². The van der Waals surface area contributed by atoms with E-state index in [1.807, 2.05) is 6.07 Å². The Hall–Kier alpha value is -0.540. The summed E-state index contributed by atoms with van der Waals surface area (Å²) in [7, 11) is 0. The summed E-state index contributed by atoms with van der Waals surface area (Å²) in [6.07, 6.45) is 6.68. The molecule has 0 spiro atoms. The Morgan fingerprint density at radius 2 is 1.89 bits per heavy atom. The molecule has 100 valence electrons. The van der Waals surface area contributed by atoms with Crippen LogP contribution in [0.1, 0.15) is 44.1 Å². The summed E-state index contributed by atoms with van der Waals surface area (Å²) in [5, 5.41) is 14.0. The van der Waals surface area contributed by atoms with Gasteiger partial charge in [-0.25, -0.2) is 0 Å². The highest BCUT2D eigenvalue weighted by molar-refractivity contribution is 9.10. The topological polar surface area (TPSA) is 32.3 Å². The number of rotatable bonds is 3. The Kier molecular flexibility index (Phi) is 4.68. The van der Waals surface area contributed by atoms with Crippen molar-refractivity contribution in [2.45, 2.75) is 51.0 Å². The Labute approximate surface area is 118 Å². The zero-order valence-electron chi connectivity index (χ0n) is 11.0. The van der Waals surface area contributed by atoms with E-state index in [0.29, 0.717) is 6.54 Å². The van der Waals surface area contributed by atoms with Gasteiger partial charge in [-0.1, -0.05) is 41.6 Å². The molecule has 2 N–H and O–H groups in total. The molecule has 1 saturated carbocycles. The van der Waals surface area contributed by atoms with Crippen molar-refractivity contribution in [1.29, 1.82) is 0 Å². The van der Waals surface area contributed by atoms with Gasteiger partial charge in [-0.3, -0.25) is 0 Å². The average Bonchev–Trinajstić information content (AvgIpc) is 2.54. The van der Waals surface area contributed by atoms with Crippen LogP contribution in [0.3, 0.4) is 0 Å². The van der Waals surface area contributed by atoms with Crippen molar-refractivity contribution in [3.8, 4) is 0 Å². The van der Waals surface area contributed by atoms with E-state index in [0.717, 1.165) is 35.8 Å². The lowest BCUT2D eigenvalue weighted by atomic mass is 9.94. The van der Waals surface area contributed by atoms with Crippen LogP contribution in [-0.4, -0.2) is 17.3 Å². The van der Waals surface area contributed by atoms with Crippen molar-refractivity contribution in [2.75, 3.05) is 11.9 Å². The first-order valence-electron chi connectivity index (χ1n) is 6.81. The van der Waals surface area contributed by atoms with Crippen LogP contribution in [0.15, 0.2) is 22.7 Å². The molecule has 0 aromatic heterocycles. The first-order chi connectivity index (χ1) is 8.59. The summed E-state index contributed by atoms with van der Waals surface area (Å²) in [4.78, 5) is 0. The quantitative estimate of drug-likeness (QED) is 0.818. The lowest BCUT2D eigenvalue weighted by Crippen LogP contribution is -2.36. The molecule has 1 aromatic rings. The van der Waals surface area contributed by atoms with Crippen molar-refractivity contribution in [3.63, 3.8) is 0 Å². The van der Waals surface area contributed by atoms with Crippen molar-refractivity contribution < 1.29 is 5.11 Å². The number of hydrogen-bond acceptors (Lipinski definition) is 2.